The van der Waals surface area contributed by atoms with E-state index in [1.165, 1.54) is 18.6 Å². The van der Waals surface area contributed by atoms with Gasteiger partial charge < -0.3 is 10.3 Å². The Morgan fingerprint density at radius 2 is 2.14 bits per heavy atom. The van der Waals surface area contributed by atoms with Crippen LogP contribution in [-0.4, -0.2) is 10.1 Å². The van der Waals surface area contributed by atoms with Crippen molar-refractivity contribution in [3.05, 3.63) is 36.0 Å². The van der Waals surface area contributed by atoms with E-state index in [-0.39, 0.29) is 5.82 Å². The van der Waals surface area contributed by atoms with E-state index < -0.39 is 5.54 Å². The molecule has 1 aliphatic carbocycles. The summed E-state index contributed by atoms with van der Waals surface area (Å²) in [5.74, 6) is 1.29. The zero-order valence-electron chi connectivity index (χ0n) is 12.2. The van der Waals surface area contributed by atoms with Gasteiger partial charge in [0.15, 0.2) is 0 Å². The van der Waals surface area contributed by atoms with E-state index in [1.807, 2.05) is 0 Å². The van der Waals surface area contributed by atoms with Crippen LogP contribution in [0.4, 0.5) is 4.39 Å². The van der Waals surface area contributed by atoms with E-state index in [0.717, 1.165) is 31.6 Å². The molecule has 4 nitrogen and oxygen atoms in total. The van der Waals surface area contributed by atoms with Crippen LogP contribution in [0.25, 0.3) is 11.4 Å². The third-order valence-electron chi connectivity index (χ3n) is 4.51. The van der Waals surface area contributed by atoms with Gasteiger partial charge in [-0.3, -0.25) is 0 Å². The van der Waals surface area contributed by atoms with E-state index >= 15 is 0 Å². The predicted octanol–water partition coefficient (Wildman–Crippen LogP) is 3.63. The highest BCUT2D eigenvalue weighted by molar-refractivity contribution is 5.54. The molecule has 0 radical (unpaired) electrons. The molecule has 1 aromatic heterocycles. The molecule has 0 atom stereocenters. The van der Waals surface area contributed by atoms with Gasteiger partial charge in [0, 0.05) is 5.56 Å². The standard InChI is InChI=1S/C16H20FN3O/c1-2-11-6-8-16(18,9-7-11)15-19-14(20-21-15)12-4-3-5-13(17)10-12/h3-5,10-11H,2,6-9,18H2,1H3. The number of nitrogens with two attached hydrogens (primary N) is 1. The van der Waals surface area contributed by atoms with Crippen molar-refractivity contribution in [2.45, 2.75) is 44.6 Å². The topological polar surface area (TPSA) is 64.9 Å². The first-order valence-electron chi connectivity index (χ1n) is 7.50. The Labute approximate surface area is 123 Å². The normalized spacial score (nSPS) is 26.0. The molecule has 1 aliphatic rings. The highest BCUT2D eigenvalue weighted by Crippen LogP contribution is 2.38. The Morgan fingerprint density at radius 1 is 1.38 bits per heavy atom. The van der Waals surface area contributed by atoms with Gasteiger partial charge in [0.1, 0.15) is 5.82 Å². The van der Waals surface area contributed by atoms with E-state index in [0.29, 0.717) is 17.3 Å². The van der Waals surface area contributed by atoms with Crippen molar-refractivity contribution in [3.63, 3.8) is 0 Å². The molecule has 1 saturated carbocycles. The fourth-order valence-corrected chi connectivity index (χ4v) is 2.99. The lowest BCUT2D eigenvalue weighted by Crippen LogP contribution is -2.40. The summed E-state index contributed by atoms with van der Waals surface area (Å²) in [5.41, 5.74) is 6.52. The first-order valence-corrected chi connectivity index (χ1v) is 7.50. The van der Waals surface area contributed by atoms with Gasteiger partial charge >= 0.3 is 0 Å². The lowest BCUT2D eigenvalue weighted by Gasteiger charge is -2.33. The van der Waals surface area contributed by atoms with Crippen molar-refractivity contribution < 1.29 is 8.91 Å². The van der Waals surface area contributed by atoms with Crippen LogP contribution in [-0.2, 0) is 5.54 Å². The highest BCUT2D eigenvalue weighted by atomic mass is 19.1. The van der Waals surface area contributed by atoms with Gasteiger partial charge in [-0.15, -0.1) is 0 Å². The smallest absolute Gasteiger partial charge is 0.247 e. The summed E-state index contributed by atoms with van der Waals surface area (Å²) in [6.07, 6.45) is 5.08. The second kappa shape index (κ2) is 5.56. The molecule has 1 heterocycles. The van der Waals surface area contributed by atoms with Crippen molar-refractivity contribution in [1.29, 1.82) is 0 Å². The first kappa shape index (κ1) is 14.2. The van der Waals surface area contributed by atoms with Gasteiger partial charge in [-0.05, 0) is 43.7 Å². The van der Waals surface area contributed by atoms with Crippen LogP contribution in [0.2, 0.25) is 0 Å². The summed E-state index contributed by atoms with van der Waals surface area (Å²) in [7, 11) is 0. The third-order valence-corrected chi connectivity index (χ3v) is 4.51. The molecule has 0 aliphatic heterocycles. The fraction of sp³-hybridized carbons (Fsp3) is 0.500. The average molecular weight is 289 g/mol. The summed E-state index contributed by atoms with van der Waals surface area (Å²) in [6, 6.07) is 6.17. The molecule has 3 rings (SSSR count). The Kier molecular flexibility index (Phi) is 3.76. The van der Waals surface area contributed by atoms with Gasteiger partial charge in [0.25, 0.3) is 0 Å². The number of benzene rings is 1. The molecular formula is C16H20FN3O. The number of rotatable bonds is 3. The Balaban J connectivity index is 1.82. The van der Waals surface area contributed by atoms with Crippen LogP contribution in [0.15, 0.2) is 28.8 Å². The molecule has 0 spiro atoms. The van der Waals surface area contributed by atoms with E-state index in [9.17, 15) is 4.39 Å². The summed E-state index contributed by atoms with van der Waals surface area (Å²) < 4.78 is 18.6. The molecule has 0 bridgehead atoms. The molecular weight excluding hydrogens is 269 g/mol. The minimum absolute atomic E-state index is 0.315. The van der Waals surface area contributed by atoms with Gasteiger partial charge in [0.2, 0.25) is 11.7 Å². The Hall–Kier alpha value is -1.75. The molecule has 112 valence electrons. The second-order valence-corrected chi connectivity index (χ2v) is 5.94. The molecule has 21 heavy (non-hydrogen) atoms. The van der Waals surface area contributed by atoms with Gasteiger partial charge in [-0.2, -0.15) is 4.98 Å². The van der Waals surface area contributed by atoms with Crippen molar-refractivity contribution in [2.24, 2.45) is 11.7 Å². The molecule has 0 saturated heterocycles. The molecule has 1 fully saturated rings. The molecule has 2 N–H and O–H groups in total. The number of halogens is 1. The maximum atomic E-state index is 13.3. The van der Waals surface area contributed by atoms with Crippen LogP contribution in [0.5, 0.6) is 0 Å². The third kappa shape index (κ3) is 2.83. The largest absolute Gasteiger partial charge is 0.337 e. The van der Waals surface area contributed by atoms with Gasteiger partial charge in [-0.25, -0.2) is 4.39 Å². The molecule has 1 aromatic carbocycles. The van der Waals surface area contributed by atoms with Crippen molar-refractivity contribution >= 4 is 0 Å². The fourth-order valence-electron chi connectivity index (χ4n) is 2.99. The SMILES string of the molecule is CCC1CCC(N)(c2nc(-c3cccc(F)c3)no2)CC1. The molecule has 0 unspecified atom stereocenters. The monoisotopic (exact) mass is 289 g/mol. The quantitative estimate of drug-likeness (QED) is 0.937. The van der Waals surface area contributed by atoms with E-state index in [1.54, 1.807) is 12.1 Å². The number of hydrogen-bond acceptors (Lipinski definition) is 4. The van der Waals surface area contributed by atoms with Crippen LogP contribution in [0, 0.1) is 11.7 Å². The number of nitrogens with zero attached hydrogens (tertiary/aromatic N) is 2. The summed E-state index contributed by atoms with van der Waals surface area (Å²) in [4.78, 5) is 4.40. The number of hydrogen-bond donors (Lipinski definition) is 1. The van der Waals surface area contributed by atoms with E-state index in [4.69, 9.17) is 10.3 Å². The van der Waals surface area contributed by atoms with Crippen LogP contribution < -0.4 is 5.73 Å². The number of aromatic nitrogens is 2. The van der Waals surface area contributed by atoms with Crippen LogP contribution in [0.1, 0.15) is 44.9 Å². The second-order valence-electron chi connectivity index (χ2n) is 5.94. The van der Waals surface area contributed by atoms with Crippen molar-refractivity contribution in [1.82, 2.24) is 10.1 Å². The average Bonchev–Trinajstić information content (AvgIpc) is 2.99. The van der Waals surface area contributed by atoms with Gasteiger partial charge in [0.05, 0.1) is 5.54 Å². The lowest BCUT2D eigenvalue weighted by atomic mass is 9.76. The summed E-state index contributed by atoms with van der Waals surface area (Å²) in [6.45, 7) is 2.21. The molecule has 0 amide bonds. The molecule has 5 heteroatoms. The predicted molar refractivity (Wildman–Crippen MR) is 77.8 cm³/mol. The first-order chi connectivity index (χ1) is 10.1. The van der Waals surface area contributed by atoms with Gasteiger partial charge in [-0.1, -0.05) is 30.6 Å². The van der Waals surface area contributed by atoms with Crippen LogP contribution in [0.3, 0.4) is 0 Å². The van der Waals surface area contributed by atoms with Crippen molar-refractivity contribution in [3.8, 4) is 11.4 Å². The maximum absolute atomic E-state index is 13.3. The van der Waals surface area contributed by atoms with Crippen LogP contribution >= 0.6 is 0 Å². The maximum Gasteiger partial charge on any atom is 0.247 e. The minimum atomic E-state index is -0.537. The Bertz CT molecular complexity index is 617. The highest BCUT2D eigenvalue weighted by Gasteiger charge is 2.37. The zero-order valence-corrected chi connectivity index (χ0v) is 12.2. The summed E-state index contributed by atoms with van der Waals surface area (Å²) >= 11 is 0. The Morgan fingerprint density at radius 3 is 2.81 bits per heavy atom. The minimum Gasteiger partial charge on any atom is -0.337 e. The lowest BCUT2D eigenvalue weighted by molar-refractivity contribution is 0.181. The summed E-state index contributed by atoms with van der Waals surface area (Å²) in [5, 5.41) is 3.95. The zero-order chi connectivity index (χ0) is 14.9. The van der Waals surface area contributed by atoms with Crippen molar-refractivity contribution in [2.75, 3.05) is 0 Å². The molecule has 2 aromatic rings. The van der Waals surface area contributed by atoms with E-state index in [2.05, 4.69) is 17.1 Å².